The van der Waals surface area contributed by atoms with Gasteiger partial charge in [-0.05, 0) is 18.4 Å². The zero-order chi connectivity index (χ0) is 12.5. The van der Waals surface area contributed by atoms with Crippen molar-refractivity contribution in [1.29, 1.82) is 0 Å². The highest BCUT2D eigenvalue weighted by Crippen LogP contribution is 2.01. The van der Waals surface area contributed by atoms with E-state index in [-0.39, 0.29) is 5.88 Å². The summed E-state index contributed by atoms with van der Waals surface area (Å²) in [4.78, 5) is 21.9. The van der Waals surface area contributed by atoms with Gasteiger partial charge in [0.15, 0.2) is 0 Å². The number of rotatable bonds is 5. The van der Waals surface area contributed by atoms with E-state index >= 15 is 0 Å². The number of hydrogen-bond donors (Lipinski definition) is 2. The van der Waals surface area contributed by atoms with Crippen molar-refractivity contribution >= 4 is 23.5 Å². The molecular formula is C12H15ClN2O2. The fraction of sp³-hybridized carbons (Fsp3) is 0.333. The molecule has 1 rings (SSSR count). The molecule has 0 aliphatic rings. The van der Waals surface area contributed by atoms with Gasteiger partial charge < -0.3 is 5.32 Å². The molecule has 0 aliphatic carbocycles. The number of benzene rings is 1. The van der Waals surface area contributed by atoms with Gasteiger partial charge in [-0.25, -0.2) is 4.79 Å². The zero-order valence-corrected chi connectivity index (χ0v) is 10.2. The van der Waals surface area contributed by atoms with E-state index in [4.69, 9.17) is 11.6 Å². The first-order valence-electron chi connectivity index (χ1n) is 5.40. The number of halogens is 1. The van der Waals surface area contributed by atoms with Crippen LogP contribution in [0.5, 0.6) is 0 Å². The SMILES string of the molecule is O=C(CCl)NC(=O)NCCCc1ccccc1. The lowest BCUT2D eigenvalue weighted by Crippen LogP contribution is -2.40. The minimum atomic E-state index is -0.497. The topological polar surface area (TPSA) is 58.2 Å². The molecule has 92 valence electrons. The number of urea groups is 1. The third kappa shape index (κ3) is 5.92. The lowest BCUT2D eigenvalue weighted by molar-refractivity contribution is -0.117. The second-order valence-electron chi connectivity index (χ2n) is 3.53. The molecule has 0 atom stereocenters. The number of nitrogens with one attached hydrogen (secondary N) is 2. The van der Waals surface area contributed by atoms with E-state index in [1.54, 1.807) is 0 Å². The Bertz CT molecular complexity index is 368. The molecule has 0 fully saturated rings. The lowest BCUT2D eigenvalue weighted by Gasteiger charge is -2.05. The maximum atomic E-state index is 11.1. The van der Waals surface area contributed by atoms with Crippen molar-refractivity contribution in [2.24, 2.45) is 0 Å². The average Bonchev–Trinajstić information content (AvgIpc) is 2.36. The Morgan fingerprint density at radius 3 is 2.53 bits per heavy atom. The number of carbonyl (C=O) groups is 2. The summed E-state index contributed by atoms with van der Waals surface area (Å²) in [6.45, 7) is 0.524. The van der Waals surface area contributed by atoms with Crippen molar-refractivity contribution in [1.82, 2.24) is 10.6 Å². The van der Waals surface area contributed by atoms with Gasteiger partial charge in [-0.1, -0.05) is 30.3 Å². The standard InChI is InChI=1S/C12H15ClN2O2/c13-9-11(16)15-12(17)14-8-4-7-10-5-2-1-3-6-10/h1-3,5-6H,4,7-9H2,(H2,14,15,16,17). The highest BCUT2D eigenvalue weighted by Gasteiger charge is 2.04. The number of hydrogen-bond acceptors (Lipinski definition) is 2. The molecule has 0 unspecified atom stereocenters. The van der Waals surface area contributed by atoms with Gasteiger partial charge in [0.25, 0.3) is 0 Å². The summed E-state index contributed by atoms with van der Waals surface area (Å²) >= 11 is 5.25. The molecule has 3 amide bonds. The van der Waals surface area contributed by atoms with Crippen molar-refractivity contribution in [3.63, 3.8) is 0 Å². The summed E-state index contributed by atoms with van der Waals surface area (Å²) in [5.74, 6) is -0.704. The van der Waals surface area contributed by atoms with Gasteiger partial charge in [0, 0.05) is 6.54 Å². The van der Waals surface area contributed by atoms with Crippen molar-refractivity contribution in [3.05, 3.63) is 35.9 Å². The quantitative estimate of drug-likeness (QED) is 0.621. The van der Waals surface area contributed by atoms with Crippen LogP contribution in [0, 0.1) is 0 Å². The first kappa shape index (κ1) is 13.5. The number of aryl methyl sites for hydroxylation is 1. The van der Waals surface area contributed by atoms with E-state index in [0.29, 0.717) is 6.54 Å². The van der Waals surface area contributed by atoms with Crippen molar-refractivity contribution < 1.29 is 9.59 Å². The van der Waals surface area contributed by atoms with Crippen LogP contribution in [0.3, 0.4) is 0 Å². The zero-order valence-electron chi connectivity index (χ0n) is 9.41. The summed E-state index contributed by atoms with van der Waals surface area (Å²) in [5, 5.41) is 4.70. The highest BCUT2D eigenvalue weighted by atomic mass is 35.5. The highest BCUT2D eigenvalue weighted by molar-refractivity contribution is 6.28. The minimum Gasteiger partial charge on any atom is -0.338 e. The molecule has 17 heavy (non-hydrogen) atoms. The first-order valence-corrected chi connectivity index (χ1v) is 5.93. The molecule has 1 aromatic carbocycles. The molecule has 1 aromatic rings. The number of alkyl halides is 1. The van der Waals surface area contributed by atoms with Crippen LogP contribution < -0.4 is 10.6 Å². The second kappa shape index (κ2) is 7.68. The van der Waals surface area contributed by atoms with Crippen LogP contribution in [0.2, 0.25) is 0 Å². The van der Waals surface area contributed by atoms with E-state index in [0.717, 1.165) is 12.8 Å². The second-order valence-corrected chi connectivity index (χ2v) is 3.79. The van der Waals surface area contributed by atoms with Crippen LogP contribution in [0.4, 0.5) is 4.79 Å². The maximum Gasteiger partial charge on any atom is 0.321 e. The summed E-state index contributed by atoms with van der Waals surface area (Å²) in [6.07, 6.45) is 1.72. The Kier molecular flexibility index (Phi) is 6.10. The summed E-state index contributed by atoms with van der Waals surface area (Å²) in [5.41, 5.74) is 1.23. The molecular weight excluding hydrogens is 240 g/mol. The molecule has 4 nitrogen and oxygen atoms in total. The van der Waals surface area contributed by atoms with Crippen molar-refractivity contribution in [3.8, 4) is 0 Å². The van der Waals surface area contributed by atoms with Gasteiger partial charge in [0.1, 0.15) is 5.88 Å². The Balaban J connectivity index is 2.12. The monoisotopic (exact) mass is 254 g/mol. The predicted octanol–water partition coefficient (Wildman–Crippen LogP) is 1.68. The summed E-state index contributed by atoms with van der Waals surface area (Å²) in [6, 6.07) is 9.51. The molecule has 0 saturated carbocycles. The van der Waals surface area contributed by atoms with Gasteiger partial charge in [-0.15, -0.1) is 11.6 Å². The molecule has 0 saturated heterocycles. The summed E-state index contributed by atoms with van der Waals surface area (Å²) < 4.78 is 0. The minimum absolute atomic E-state index is 0.211. The van der Waals surface area contributed by atoms with Gasteiger partial charge in [0.05, 0.1) is 0 Å². The van der Waals surface area contributed by atoms with E-state index in [1.165, 1.54) is 5.56 Å². The van der Waals surface area contributed by atoms with E-state index in [1.807, 2.05) is 30.3 Å². The first-order chi connectivity index (χ1) is 8.22. The van der Waals surface area contributed by atoms with Crippen LogP contribution in [0.25, 0.3) is 0 Å². The van der Waals surface area contributed by atoms with Crippen LogP contribution in [0.1, 0.15) is 12.0 Å². The molecule has 2 N–H and O–H groups in total. The van der Waals surface area contributed by atoms with Gasteiger partial charge >= 0.3 is 6.03 Å². The van der Waals surface area contributed by atoms with Crippen LogP contribution in [0.15, 0.2) is 30.3 Å². The van der Waals surface area contributed by atoms with E-state index in [2.05, 4.69) is 10.6 Å². The van der Waals surface area contributed by atoms with E-state index < -0.39 is 11.9 Å². The largest absolute Gasteiger partial charge is 0.338 e. The maximum absolute atomic E-state index is 11.1. The Morgan fingerprint density at radius 2 is 1.88 bits per heavy atom. The lowest BCUT2D eigenvalue weighted by atomic mass is 10.1. The Labute approximate surface area is 105 Å². The van der Waals surface area contributed by atoms with Crippen LogP contribution in [-0.2, 0) is 11.2 Å². The normalized spacial score (nSPS) is 9.71. The Hall–Kier alpha value is -1.55. The van der Waals surface area contributed by atoms with E-state index in [9.17, 15) is 9.59 Å². The molecule has 0 heterocycles. The van der Waals surface area contributed by atoms with Crippen molar-refractivity contribution in [2.75, 3.05) is 12.4 Å². The number of imide groups is 1. The predicted molar refractivity (Wildman–Crippen MR) is 67.0 cm³/mol. The van der Waals surface area contributed by atoms with Gasteiger partial charge in [0.2, 0.25) is 5.91 Å². The smallest absolute Gasteiger partial charge is 0.321 e. The third-order valence-electron chi connectivity index (χ3n) is 2.14. The number of carbonyl (C=O) groups excluding carboxylic acids is 2. The molecule has 0 aliphatic heterocycles. The summed E-state index contributed by atoms with van der Waals surface area (Å²) in [7, 11) is 0. The fourth-order valence-electron chi connectivity index (χ4n) is 1.34. The molecule has 0 spiro atoms. The Morgan fingerprint density at radius 1 is 1.18 bits per heavy atom. The van der Waals surface area contributed by atoms with Crippen LogP contribution in [-0.4, -0.2) is 24.4 Å². The molecule has 0 aromatic heterocycles. The van der Waals surface area contributed by atoms with Crippen molar-refractivity contribution in [2.45, 2.75) is 12.8 Å². The van der Waals surface area contributed by atoms with Gasteiger partial charge in [-0.3, -0.25) is 10.1 Å². The third-order valence-corrected chi connectivity index (χ3v) is 2.39. The average molecular weight is 255 g/mol. The van der Waals surface area contributed by atoms with Gasteiger partial charge in [-0.2, -0.15) is 0 Å². The molecule has 0 bridgehead atoms. The fourth-order valence-corrected chi connectivity index (χ4v) is 1.41. The molecule has 0 radical (unpaired) electrons. The molecule has 5 heteroatoms. The van der Waals surface area contributed by atoms with Crippen LogP contribution >= 0.6 is 11.6 Å². The number of amides is 3.